The Labute approximate surface area is 208 Å². The van der Waals surface area contributed by atoms with E-state index in [4.69, 9.17) is 15.0 Å². The second-order valence-electron chi connectivity index (χ2n) is 9.06. The van der Waals surface area contributed by atoms with Gasteiger partial charge in [-0.3, -0.25) is 4.99 Å². The molecular weight excluding hydrogens is 440 g/mol. The minimum Gasteiger partial charge on any atom is -0.355 e. The van der Waals surface area contributed by atoms with Gasteiger partial charge in [-0.2, -0.15) is 0 Å². The number of aromatic nitrogens is 1. The highest BCUT2D eigenvalue weighted by atomic mass is 14.8. The van der Waals surface area contributed by atoms with Crippen LogP contribution in [0.4, 0.5) is 0 Å². The molecule has 4 aliphatic heterocycles. The number of nitrogens with one attached hydrogen (secondary N) is 1. The van der Waals surface area contributed by atoms with Gasteiger partial charge in [-0.05, 0) is 65.3 Å². The second kappa shape index (κ2) is 8.43. The van der Waals surface area contributed by atoms with Crippen LogP contribution in [0.2, 0.25) is 0 Å². The zero-order chi connectivity index (χ0) is 23.9. The van der Waals surface area contributed by atoms with E-state index < -0.39 is 0 Å². The van der Waals surface area contributed by atoms with E-state index in [1.165, 1.54) is 0 Å². The number of fused-ring (bicyclic) bond motifs is 6. The maximum Gasteiger partial charge on any atom is 0.0734 e. The first-order valence-corrected chi connectivity index (χ1v) is 12.1. The van der Waals surface area contributed by atoms with Crippen molar-refractivity contribution in [2.75, 3.05) is 0 Å². The normalized spacial score (nSPS) is 18.0. The van der Waals surface area contributed by atoms with Crippen LogP contribution in [0.5, 0.6) is 0 Å². The van der Waals surface area contributed by atoms with E-state index in [2.05, 4.69) is 102 Å². The van der Waals surface area contributed by atoms with Crippen LogP contribution >= 0.6 is 0 Å². The Kier molecular flexibility index (Phi) is 4.81. The van der Waals surface area contributed by atoms with Crippen molar-refractivity contribution < 1.29 is 0 Å². The number of hydrogen-bond acceptors (Lipinski definition) is 3. The molecule has 0 saturated carbocycles. The van der Waals surface area contributed by atoms with Crippen LogP contribution < -0.4 is 10.7 Å². The van der Waals surface area contributed by atoms with Crippen molar-refractivity contribution in [1.82, 2.24) is 4.98 Å². The molecule has 2 aromatic carbocycles. The van der Waals surface area contributed by atoms with Gasteiger partial charge in [-0.15, -0.1) is 0 Å². The molecule has 170 valence electrons. The van der Waals surface area contributed by atoms with Gasteiger partial charge >= 0.3 is 0 Å². The molecule has 4 heteroatoms. The summed E-state index contributed by atoms with van der Waals surface area (Å²) in [6.07, 6.45) is 15.2. The third kappa shape index (κ3) is 3.69. The molecule has 0 radical (unpaired) electrons. The number of aromatic amines is 1. The van der Waals surface area contributed by atoms with Gasteiger partial charge in [0, 0.05) is 34.5 Å². The average Bonchev–Trinajstić information content (AvgIpc) is 3.72. The molecule has 1 aromatic heterocycles. The third-order valence-corrected chi connectivity index (χ3v) is 6.64. The van der Waals surface area contributed by atoms with Gasteiger partial charge in [0.25, 0.3) is 0 Å². The van der Waals surface area contributed by atoms with Crippen molar-refractivity contribution in [3.8, 4) is 0 Å². The maximum atomic E-state index is 5.00. The fourth-order valence-electron chi connectivity index (χ4n) is 5.01. The zero-order valence-electron chi connectivity index (χ0n) is 19.5. The Morgan fingerprint density at radius 2 is 1.14 bits per heavy atom. The first-order valence-electron chi connectivity index (χ1n) is 12.1. The average molecular weight is 463 g/mol. The van der Waals surface area contributed by atoms with E-state index in [-0.39, 0.29) is 0 Å². The van der Waals surface area contributed by atoms with Crippen molar-refractivity contribution in [3.05, 3.63) is 142 Å². The van der Waals surface area contributed by atoms with Gasteiger partial charge in [0.05, 0.1) is 28.5 Å². The molecule has 4 aliphatic rings. The van der Waals surface area contributed by atoms with Crippen LogP contribution in [-0.2, 0) is 0 Å². The Balaban J connectivity index is 1.47. The number of allylic oxidation sites excluding steroid dienone is 7. The van der Waals surface area contributed by atoms with Crippen molar-refractivity contribution in [2.24, 2.45) is 15.0 Å². The number of benzene rings is 2. The first-order chi connectivity index (χ1) is 17.8. The quantitative estimate of drug-likeness (QED) is 0.547. The standard InChI is InChI=1S/C32H22N4/c1-3-7-21(8-4-1)31-23-17-30(33-20-23)32(22-9-5-2-6-10-22)29-16-14-27(36-29)19-25-12-11-24(34-25)18-26-13-15-28(31)35-26/h1-16,18-20,34H,17H2. The summed E-state index contributed by atoms with van der Waals surface area (Å²) in [6, 6.07) is 25.1. The van der Waals surface area contributed by atoms with Crippen molar-refractivity contribution in [3.63, 3.8) is 0 Å². The van der Waals surface area contributed by atoms with Crippen LogP contribution in [0, 0.1) is 0 Å². The van der Waals surface area contributed by atoms with Gasteiger partial charge < -0.3 is 4.98 Å². The molecule has 4 nitrogen and oxygen atoms in total. The molecule has 0 spiro atoms. The summed E-state index contributed by atoms with van der Waals surface area (Å²) >= 11 is 0. The lowest BCUT2D eigenvalue weighted by Gasteiger charge is -2.14. The van der Waals surface area contributed by atoms with Crippen LogP contribution in [0.15, 0.2) is 135 Å². The van der Waals surface area contributed by atoms with Gasteiger partial charge in [-0.1, -0.05) is 60.7 Å². The highest BCUT2D eigenvalue weighted by molar-refractivity contribution is 6.29. The van der Waals surface area contributed by atoms with Crippen LogP contribution in [0.25, 0.3) is 23.3 Å². The van der Waals surface area contributed by atoms with E-state index in [1.54, 1.807) is 0 Å². The van der Waals surface area contributed by atoms with Crippen molar-refractivity contribution in [1.29, 1.82) is 0 Å². The summed E-state index contributed by atoms with van der Waals surface area (Å²) in [5.41, 5.74) is 10.3. The topological polar surface area (TPSA) is 52.9 Å². The largest absolute Gasteiger partial charge is 0.355 e. The van der Waals surface area contributed by atoms with E-state index in [0.29, 0.717) is 6.42 Å². The molecular formula is C32H22N4. The maximum absolute atomic E-state index is 5.00. The van der Waals surface area contributed by atoms with Crippen LogP contribution in [-0.4, -0.2) is 22.1 Å². The highest BCUT2D eigenvalue weighted by Crippen LogP contribution is 2.38. The molecule has 3 aromatic rings. The molecule has 0 fully saturated rings. The summed E-state index contributed by atoms with van der Waals surface area (Å²) in [5.74, 6) is 0. The minimum atomic E-state index is 0.712. The van der Waals surface area contributed by atoms with E-state index in [0.717, 1.165) is 67.1 Å². The number of rotatable bonds is 2. The molecule has 1 N–H and O–H groups in total. The Morgan fingerprint density at radius 3 is 1.75 bits per heavy atom. The predicted molar refractivity (Wildman–Crippen MR) is 149 cm³/mol. The number of nitrogens with zero attached hydrogens (tertiary/aromatic N) is 3. The highest BCUT2D eigenvalue weighted by Gasteiger charge is 2.25. The lowest BCUT2D eigenvalue weighted by Crippen LogP contribution is -2.12. The van der Waals surface area contributed by atoms with Gasteiger partial charge in [0.15, 0.2) is 0 Å². The van der Waals surface area contributed by atoms with E-state index in [9.17, 15) is 0 Å². The lowest BCUT2D eigenvalue weighted by atomic mass is 9.90. The van der Waals surface area contributed by atoms with Crippen molar-refractivity contribution >= 4 is 40.4 Å². The lowest BCUT2D eigenvalue weighted by molar-refractivity contribution is 1.28. The summed E-state index contributed by atoms with van der Waals surface area (Å²) in [4.78, 5) is 18.4. The van der Waals surface area contributed by atoms with Gasteiger partial charge in [-0.25, -0.2) is 9.98 Å². The summed E-state index contributed by atoms with van der Waals surface area (Å²) in [5, 5.41) is 2.01. The zero-order valence-corrected chi connectivity index (χ0v) is 19.5. The Hall–Kier alpha value is -4.83. The van der Waals surface area contributed by atoms with Crippen molar-refractivity contribution in [2.45, 2.75) is 6.42 Å². The summed E-state index contributed by atoms with van der Waals surface area (Å²) in [6.45, 7) is 0. The molecule has 5 heterocycles. The summed E-state index contributed by atoms with van der Waals surface area (Å²) in [7, 11) is 0. The van der Waals surface area contributed by atoms with E-state index >= 15 is 0 Å². The van der Waals surface area contributed by atoms with Gasteiger partial charge in [0.2, 0.25) is 0 Å². The van der Waals surface area contributed by atoms with Crippen LogP contribution in [0.3, 0.4) is 0 Å². The second-order valence-corrected chi connectivity index (χ2v) is 9.06. The molecule has 36 heavy (non-hydrogen) atoms. The monoisotopic (exact) mass is 462 g/mol. The molecule has 0 saturated heterocycles. The van der Waals surface area contributed by atoms with Crippen LogP contribution in [0.1, 0.15) is 17.5 Å². The molecule has 0 atom stereocenters. The fraction of sp³-hybridized carbons (Fsp3) is 0.0312. The summed E-state index contributed by atoms with van der Waals surface area (Å²) < 4.78 is 0. The van der Waals surface area contributed by atoms with Gasteiger partial charge in [0.1, 0.15) is 0 Å². The molecule has 0 amide bonds. The van der Waals surface area contributed by atoms with E-state index in [1.807, 2.05) is 18.3 Å². The predicted octanol–water partition coefficient (Wildman–Crippen LogP) is 5.16. The first kappa shape index (κ1) is 20.5. The third-order valence-electron chi connectivity index (χ3n) is 6.64. The molecule has 8 bridgehead atoms. The number of hydrogen-bond donors (Lipinski definition) is 1. The SMILES string of the molecule is C1=CC2=C(c3ccccc3)C3=CN=C(C3)C(c3ccccc3)=C3C=CC(=N3)C=c3ccc([nH]3)=CC1=N2. The number of H-pyrrole nitrogens is 1. The molecule has 0 aliphatic carbocycles. The fourth-order valence-corrected chi connectivity index (χ4v) is 5.01. The smallest absolute Gasteiger partial charge is 0.0734 e. The Morgan fingerprint density at radius 1 is 0.583 bits per heavy atom. The molecule has 0 unspecified atom stereocenters. The number of aliphatic imine (C=N–C) groups is 3. The Bertz CT molecular complexity index is 1640. The minimum absolute atomic E-state index is 0.712. The molecule has 7 rings (SSSR count).